The molecule has 1 aliphatic heterocycles. The van der Waals surface area contributed by atoms with Gasteiger partial charge in [-0.1, -0.05) is 0 Å². The SMILES string of the molecule is NCC1COC(c2cc(O)cc(F)c2)O1. The first kappa shape index (κ1) is 10.4. The Morgan fingerprint density at radius 2 is 2.27 bits per heavy atom. The molecule has 1 fully saturated rings. The molecule has 5 heteroatoms. The van der Waals surface area contributed by atoms with Crippen molar-refractivity contribution in [2.45, 2.75) is 12.4 Å². The molecular formula is C10H12FNO3. The Hall–Kier alpha value is -1.17. The molecular weight excluding hydrogens is 201 g/mol. The van der Waals surface area contributed by atoms with Crippen molar-refractivity contribution in [3.05, 3.63) is 29.6 Å². The number of hydrogen-bond donors (Lipinski definition) is 2. The molecule has 1 saturated heterocycles. The average Bonchev–Trinajstić information content (AvgIpc) is 2.64. The lowest BCUT2D eigenvalue weighted by molar-refractivity contribution is -0.0588. The summed E-state index contributed by atoms with van der Waals surface area (Å²) in [6.45, 7) is 0.746. The van der Waals surface area contributed by atoms with Crippen molar-refractivity contribution in [2.75, 3.05) is 13.2 Å². The van der Waals surface area contributed by atoms with Crippen molar-refractivity contribution in [3.63, 3.8) is 0 Å². The van der Waals surface area contributed by atoms with Gasteiger partial charge in [0.2, 0.25) is 0 Å². The fourth-order valence-electron chi connectivity index (χ4n) is 1.48. The summed E-state index contributed by atoms with van der Waals surface area (Å²) in [5.41, 5.74) is 5.87. The lowest BCUT2D eigenvalue weighted by Gasteiger charge is -2.11. The Labute approximate surface area is 86.4 Å². The van der Waals surface area contributed by atoms with Gasteiger partial charge in [-0.3, -0.25) is 0 Å². The van der Waals surface area contributed by atoms with Crippen LogP contribution in [0, 0.1) is 5.82 Å². The molecule has 0 saturated carbocycles. The van der Waals surface area contributed by atoms with Gasteiger partial charge in [0.05, 0.1) is 12.7 Å². The number of ether oxygens (including phenoxy) is 2. The zero-order valence-electron chi connectivity index (χ0n) is 8.02. The largest absolute Gasteiger partial charge is 0.508 e. The van der Waals surface area contributed by atoms with E-state index in [1.54, 1.807) is 0 Å². The van der Waals surface area contributed by atoms with Gasteiger partial charge >= 0.3 is 0 Å². The third-order valence-electron chi connectivity index (χ3n) is 2.19. The minimum atomic E-state index is -0.639. The monoisotopic (exact) mass is 213 g/mol. The third kappa shape index (κ3) is 2.26. The predicted octanol–water partition coefficient (Wildman–Crippen LogP) is 0.904. The Morgan fingerprint density at radius 1 is 1.47 bits per heavy atom. The lowest BCUT2D eigenvalue weighted by atomic mass is 10.2. The van der Waals surface area contributed by atoms with Crippen LogP contribution < -0.4 is 5.73 Å². The van der Waals surface area contributed by atoms with Gasteiger partial charge in [0.1, 0.15) is 11.6 Å². The highest BCUT2D eigenvalue weighted by Gasteiger charge is 2.26. The zero-order chi connectivity index (χ0) is 10.8. The van der Waals surface area contributed by atoms with E-state index in [2.05, 4.69) is 0 Å². The summed E-state index contributed by atoms with van der Waals surface area (Å²) in [5.74, 6) is -0.665. The molecule has 2 unspecified atom stereocenters. The molecule has 2 atom stereocenters. The lowest BCUT2D eigenvalue weighted by Crippen LogP contribution is -2.21. The smallest absolute Gasteiger partial charge is 0.184 e. The number of rotatable bonds is 2. The molecule has 82 valence electrons. The second-order valence-electron chi connectivity index (χ2n) is 3.40. The predicted molar refractivity (Wildman–Crippen MR) is 50.7 cm³/mol. The van der Waals surface area contributed by atoms with Crippen LogP contribution in [-0.2, 0) is 9.47 Å². The quantitative estimate of drug-likeness (QED) is 0.766. The molecule has 0 aliphatic carbocycles. The summed E-state index contributed by atoms with van der Waals surface area (Å²) in [4.78, 5) is 0. The molecule has 2 rings (SSSR count). The molecule has 0 amide bonds. The Balaban J connectivity index is 2.16. The van der Waals surface area contributed by atoms with Crippen LogP contribution in [-0.4, -0.2) is 24.4 Å². The molecule has 1 heterocycles. The van der Waals surface area contributed by atoms with E-state index in [1.807, 2.05) is 0 Å². The molecule has 0 radical (unpaired) electrons. The van der Waals surface area contributed by atoms with Gasteiger partial charge in [0.15, 0.2) is 6.29 Å². The highest BCUT2D eigenvalue weighted by atomic mass is 19.1. The first-order valence-corrected chi connectivity index (χ1v) is 4.65. The van der Waals surface area contributed by atoms with Gasteiger partial charge in [-0.15, -0.1) is 0 Å². The maximum absolute atomic E-state index is 13.0. The van der Waals surface area contributed by atoms with Gasteiger partial charge in [0.25, 0.3) is 0 Å². The molecule has 1 aromatic carbocycles. The maximum atomic E-state index is 13.0. The number of aromatic hydroxyl groups is 1. The van der Waals surface area contributed by atoms with E-state index in [9.17, 15) is 9.50 Å². The topological polar surface area (TPSA) is 64.7 Å². The molecule has 1 aromatic rings. The highest BCUT2D eigenvalue weighted by molar-refractivity contribution is 5.29. The number of benzene rings is 1. The van der Waals surface area contributed by atoms with Crippen LogP contribution in [0.1, 0.15) is 11.9 Å². The van der Waals surface area contributed by atoms with Gasteiger partial charge in [0, 0.05) is 18.2 Å². The van der Waals surface area contributed by atoms with Crippen LogP contribution in [0.2, 0.25) is 0 Å². The van der Waals surface area contributed by atoms with Crippen molar-refractivity contribution in [2.24, 2.45) is 5.73 Å². The average molecular weight is 213 g/mol. The van der Waals surface area contributed by atoms with Crippen molar-refractivity contribution >= 4 is 0 Å². The molecule has 0 aromatic heterocycles. The fraction of sp³-hybridized carbons (Fsp3) is 0.400. The van der Waals surface area contributed by atoms with E-state index in [0.717, 1.165) is 6.07 Å². The number of halogens is 1. The van der Waals surface area contributed by atoms with Crippen LogP contribution >= 0.6 is 0 Å². The van der Waals surface area contributed by atoms with E-state index >= 15 is 0 Å². The van der Waals surface area contributed by atoms with Crippen LogP contribution in [0.3, 0.4) is 0 Å². The van der Waals surface area contributed by atoms with E-state index in [4.69, 9.17) is 15.2 Å². The molecule has 1 aliphatic rings. The molecule has 3 N–H and O–H groups in total. The van der Waals surface area contributed by atoms with Crippen molar-refractivity contribution in [1.82, 2.24) is 0 Å². The summed E-state index contributed by atoms with van der Waals surface area (Å²) in [6.07, 6.45) is -0.805. The Morgan fingerprint density at radius 3 is 2.87 bits per heavy atom. The second kappa shape index (κ2) is 4.14. The maximum Gasteiger partial charge on any atom is 0.184 e. The summed E-state index contributed by atoms with van der Waals surface area (Å²) in [5, 5.41) is 9.20. The summed E-state index contributed by atoms with van der Waals surface area (Å²) in [6, 6.07) is 3.70. The van der Waals surface area contributed by atoms with E-state index in [0.29, 0.717) is 18.7 Å². The summed E-state index contributed by atoms with van der Waals surface area (Å²) >= 11 is 0. The van der Waals surface area contributed by atoms with Crippen LogP contribution in [0.4, 0.5) is 4.39 Å². The van der Waals surface area contributed by atoms with Gasteiger partial charge in [-0.05, 0) is 12.1 Å². The van der Waals surface area contributed by atoms with Crippen molar-refractivity contribution in [1.29, 1.82) is 0 Å². The Kier molecular flexibility index (Phi) is 2.86. The van der Waals surface area contributed by atoms with E-state index in [1.165, 1.54) is 12.1 Å². The minimum Gasteiger partial charge on any atom is -0.508 e. The number of hydrogen-bond acceptors (Lipinski definition) is 4. The van der Waals surface area contributed by atoms with E-state index < -0.39 is 12.1 Å². The second-order valence-corrected chi connectivity index (χ2v) is 3.40. The highest BCUT2D eigenvalue weighted by Crippen LogP contribution is 2.29. The molecule has 15 heavy (non-hydrogen) atoms. The first-order chi connectivity index (χ1) is 7.19. The molecule has 4 nitrogen and oxygen atoms in total. The standard InChI is InChI=1S/C10H12FNO3/c11-7-1-6(2-8(13)3-7)10-14-5-9(4-12)15-10/h1-3,9-10,13H,4-5,12H2. The van der Waals surface area contributed by atoms with E-state index in [-0.39, 0.29) is 11.9 Å². The Bertz CT molecular complexity index is 338. The minimum absolute atomic E-state index is 0.145. The van der Waals surface area contributed by atoms with Gasteiger partial charge in [-0.25, -0.2) is 4.39 Å². The van der Waals surface area contributed by atoms with Gasteiger partial charge < -0.3 is 20.3 Å². The van der Waals surface area contributed by atoms with Crippen molar-refractivity contribution in [3.8, 4) is 5.75 Å². The van der Waals surface area contributed by atoms with Crippen molar-refractivity contribution < 1.29 is 19.0 Å². The number of phenols is 1. The third-order valence-corrected chi connectivity index (χ3v) is 2.19. The summed E-state index contributed by atoms with van der Waals surface area (Å²) < 4.78 is 23.6. The molecule has 0 spiro atoms. The van der Waals surface area contributed by atoms with Crippen LogP contribution in [0.5, 0.6) is 5.75 Å². The fourth-order valence-corrected chi connectivity index (χ4v) is 1.48. The number of phenolic OH excluding ortho intramolecular Hbond substituents is 1. The molecule has 0 bridgehead atoms. The zero-order valence-corrected chi connectivity index (χ0v) is 8.02. The first-order valence-electron chi connectivity index (χ1n) is 4.65. The number of nitrogens with two attached hydrogens (primary N) is 1. The van der Waals surface area contributed by atoms with Crippen LogP contribution in [0.15, 0.2) is 18.2 Å². The van der Waals surface area contributed by atoms with Gasteiger partial charge in [-0.2, -0.15) is 0 Å². The van der Waals surface area contributed by atoms with Crippen LogP contribution in [0.25, 0.3) is 0 Å². The summed E-state index contributed by atoms with van der Waals surface area (Å²) in [7, 11) is 0. The normalized spacial score (nSPS) is 25.7.